The van der Waals surface area contributed by atoms with Crippen molar-refractivity contribution in [3.63, 3.8) is 0 Å². The number of fused-ring (bicyclic) bond motifs is 1. The first-order valence-corrected chi connectivity index (χ1v) is 13.3. The SMILES string of the molecule is Cc1cc(Cl)ccc1C1c2c(nn(OC(=O)N(C)c3ccccc3)c2C(C)C)C(=O)N1c1cc(Cl)ccc1C. The van der Waals surface area contributed by atoms with Gasteiger partial charge in [0.15, 0.2) is 5.69 Å². The van der Waals surface area contributed by atoms with Crippen molar-refractivity contribution < 1.29 is 14.4 Å². The molecule has 0 N–H and O–H groups in total. The van der Waals surface area contributed by atoms with E-state index in [0.717, 1.165) is 16.7 Å². The van der Waals surface area contributed by atoms with E-state index in [1.807, 2.05) is 82.3 Å². The van der Waals surface area contributed by atoms with Gasteiger partial charge in [0, 0.05) is 34.0 Å². The molecule has 0 aliphatic carbocycles. The summed E-state index contributed by atoms with van der Waals surface area (Å²) in [5, 5.41) is 5.68. The van der Waals surface area contributed by atoms with Crippen molar-refractivity contribution in [2.24, 2.45) is 0 Å². The van der Waals surface area contributed by atoms with Gasteiger partial charge in [-0.25, -0.2) is 4.79 Å². The second-order valence-corrected chi connectivity index (χ2v) is 10.8. The van der Waals surface area contributed by atoms with E-state index in [9.17, 15) is 9.59 Å². The Bertz CT molecular complexity index is 1580. The number of carbonyl (C=O) groups excluding carboxylic acids is 2. The number of nitrogens with zero attached hydrogens (tertiary/aromatic N) is 4. The number of hydrogen-bond acceptors (Lipinski definition) is 4. The molecule has 7 nitrogen and oxygen atoms in total. The van der Waals surface area contributed by atoms with Gasteiger partial charge in [-0.2, -0.15) is 0 Å². The van der Waals surface area contributed by atoms with E-state index < -0.39 is 12.1 Å². The monoisotopic (exact) mass is 562 g/mol. The quantitative estimate of drug-likeness (QED) is 0.254. The minimum Gasteiger partial charge on any atom is -0.298 e. The molecule has 200 valence electrons. The molecular formula is C30H28Cl2N4O3. The summed E-state index contributed by atoms with van der Waals surface area (Å²) in [6, 6.07) is 19.7. The third kappa shape index (κ3) is 4.77. The summed E-state index contributed by atoms with van der Waals surface area (Å²) in [7, 11) is 1.62. The van der Waals surface area contributed by atoms with E-state index in [1.54, 1.807) is 24.1 Å². The van der Waals surface area contributed by atoms with Crippen LogP contribution in [0.15, 0.2) is 66.7 Å². The number of aromatic nitrogens is 2. The van der Waals surface area contributed by atoms with E-state index in [1.165, 1.54) is 9.75 Å². The van der Waals surface area contributed by atoms with E-state index in [-0.39, 0.29) is 17.5 Å². The first-order valence-electron chi connectivity index (χ1n) is 12.6. The Balaban J connectivity index is 1.66. The highest BCUT2D eigenvalue weighted by molar-refractivity contribution is 6.31. The van der Waals surface area contributed by atoms with E-state index in [4.69, 9.17) is 28.0 Å². The average molecular weight is 563 g/mol. The Morgan fingerprint density at radius 2 is 1.64 bits per heavy atom. The van der Waals surface area contributed by atoms with Gasteiger partial charge in [-0.3, -0.25) is 19.4 Å². The van der Waals surface area contributed by atoms with Crippen LogP contribution in [-0.2, 0) is 0 Å². The van der Waals surface area contributed by atoms with Crippen LogP contribution in [0.2, 0.25) is 10.0 Å². The summed E-state index contributed by atoms with van der Waals surface area (Å²) in [6.45, 7) is 7.85. The maximum absolute atomic E-state index is 14.1. The Morgan fingerprint density at radius 3 is 2.31 bits per heavy atom. The number of amides is 2. The van der Waals surface area contributed by atoms with Crippen LogP contribution in [0.25, 0.3) is 0 Å². The van der Waals surface area contributed by atoms with Crippen LogP contribution >= 0.6 is 23.2 Å². The highest BCUT2D eigenvalue weighted by Crippen LogP contribution is 2.46. The lowest BCUT2D eigenvalue weighted by Gasteiger charge is -2.30. The van der Waals surface area contributed by atoms with Gasteiger partial charge in [-0.05, 0) is 72.9 Å². The molecule has 1 aliphatic heterocycles. The minimum atomic E-state index is -0.626. The zero-order chi connectivity index (χ0) is 28.0. The van der Waals surface area contributed by atoms with E-state index >= 15 is 0 Å². The third-order valence-corrected chi connectivity index (χ3v) is 7.44. The standard InChI is InChI=1S/C30H28Cl2N4O3/c1-17(2)27-25-26(33-36(27)39-30(38)34(5)22-9-7-6-8-10-22)29(37)35(24-16-21(32)12-11-18(24)3)28(25)23-14-13-20(31)15-19(23)4/h6-17,28H,1-5H3. The first-order chi connectivity index (χ1) is 18.6. The number of para-hydroxylation sites is 1. The highest BCUT2D eigenvalue weighted by atomic mass is 35.5. The fourth-order valence-corrected chi connectivity index (χ4v) is 5.43. The normalized spacial score (nSPS) is 14.6. The van der Waals surface area contributed by atoms with Crippen LogP contribution < -0.4 is 14.6 Å². The van der Waals surface area contributed by atoms with Crippen LogP contribution in [0.5, 0.6) is 0 Å². The summed E-state index contributed by atoms with van der Waals surface area (Å²) in [6.07, 6.45) is -0.626. The molecule has 0 spiro atoms. The Kier molecular flexibility index (Phi) is 7.14. The van der Waals surface area contributed by atoms with Gasteiger partial charge in [-0.15, -0.1) is 5.10 Å². The lowest BCUT2D eigenvalue weighted by molar-refractivity contribution is 0.0961. The molecule has 2 amide bonds. The molecule has 5 rings (SSSR count). The maximum Gasteiger partial charge on any atom is 0.440 e. The molecule has 0 saturated carbocycles. The Hall–Kier alpha value is -3.81. The second kappa shape index (κ2) is 10.4. The highest BCUT2D eigenvalue weighted by Gasteiger charge is 2.46. The van der Waals surface area contributed by atoms with Crippen LogP contribution in [0.1, 0.15) is 64.2 Å². The topological polar surface area (TPSA) is 67.7 Å². The molecule has 3 aromatic carbocycles. The molecule has 1 unspecified atom stereocenters. The molecule has 1 aliphatic rings. The molecule has 0 saturated heterocycles. The molecular weight excluding hydrogens is 535 g/mol. The summed E-state index contributed by atoms with van der Waals surface area (Å²) in [4.78, 5) is 37.3. The molecule has 4 aromatic rings. The Labute approximate surface area is 237 Å². The smallest absolute Gasteiger partial charge is 0.298 e. The largest absolute Gasteiger partial charge is 0.440 e. The van der Waals surface area contributed by atoms with Crippen molar-refractivity contribution in [2.75, 3.05) is 16.8 Å². The molecule has 39 heavy (non-hydrogen) atoms. The summed E-state index contributed by atoms with van der Waals surface area (Å²) >= 11 is 12.7. The zero-order valence-electron chi connectivity index (χ0n) is 22.3. The number of halogens is 2. The van der Waals surface area contributed by atoms with Gasteiger partial charge in [0.1, 0.15) is 0 Å². The molecule has 0 radical (unpaired) electrons. The Morgan fingerprint density at radius 1 is 0.974 bits per heavy atom. The van der Waals surface area contributed by atoms with E-state index in [2.05, 4.69) is 5.10 Å². The van der Waals surface area contributed by atoms with Crippen LogP contribution in [0.4, 0.5) is 16.2 Å². The number of carbonyl (C=O) groups is 2. The summed E-state index contributed by atoms with van der Waals surface area (Å²) in [5.41, 5.74) is 5.61. The second-order valence-electron chi connectivity index (χ2n) is 9.94. The molecule has 9 heteroatoms. The van der Waals surface area contributed by atoms with Gasteiger partial charge < -0.3 is 0 Å². The zero-order valence-corrected chi connectivity index (χ0v) is 23.8. The van der Waals surface area contributed by atoms with E-state index in [0.29, 0.717) is 32.7 Å². The lowest BCUT2D eigenvalue weighted by atomic mass is 9.92. The number of benzene rings is 3. The van der Waals surface area contributed by atoms with Gasteiger partial charge in [0.05, 0.1) is 11.7 Å². The van der Waals surface area contributed by atoms with Crippen molar-refractivity contribution in [3.8, 4) is 0 Å². The summed E-state index contributed by atoms with van der Waals surface area (Å²) < 4.78 is 0. The van der Waals surface area contributed by atoms with Crippen LogP contribution in [0, 0.1) is 13.8 Å². The minimum absolute atomic E-state index is 0.126. The lowest BCUT2D eigenvalue weighted by Crippen LogP contribution is -2.37. The summed E-state index contributed by atoms with van der Waals surface area (Å²) in [5.74, 6) is -0.428. The molecule has 1 atom stereocenters. The third-order valence-electron chi connectivity index (χ3n) is 6.97. The average Bonchev–Trinajstić information content (AvgIpc) is 3.40. The van der Waals surface area contributed by atoms with Crippen molar-refractivity contribution in [3.05, 3.63) is 110 Å². The molecule has 1 aromatic heterocycles. The first kappa shape index (κ1) is 26.8. The molecule has 0 bridgehead atoms. The number of rotatable bonds is 5. The van der Waals surface area contributed by atoms with Crippen LogP contribution in [-0.4, -0.2) is 29.0 Å². The van der Waals surface area contributed by atoms with Gasteiger partial charge >= 0.3 is 6.09 Å². The van der Waals surface area contributed by atoms with Crippen molar-refractivity contribution >= 4 is 46.6 Å². The van der Waals surface area contributed by atoms with Crippen molar-refractivity contribution in [1.82, 2.24) is 9.94 Å². The number of hydrogen-bond donors (Lipinski definition) is 0. The fourth-order valence-electron chi connectivity index (χ4n) is 5.04. The number of anilines is 2. The predicted molar refractivity (Wildman–Crippen MR) is 154 cm³/mol. The molecule has 0 fully saturated rings. The predicted octanol–water partition coefficient (Wildman–Crippen LogP) is 7.36. The maximum atomic E-state index is 14.1. The number of aryl methyl sites for hydroxylation is 2. The van der Waals surface area contributed by atoms with Gasteiger partial charge in [-0.1, -0.05) is 72.2 Å². The van der Waals surface area contributed by atoms with Crippen molar-refractivity contribution in [2.45, 2.75) is 39.7 Å². The fraction of sp³-hybridized carbons (Fsp3) is 0.233. The van der Waals surface area contributed by atoms with Gasteiger partial charge in [0.2, 0.25) is 0 Å². The molecule has 2 heterocycles. The van der Waals surface area contributed by atoms with Crippen LogP contribution in [0.3, 0.4) is 0 Å². The van der Waals surface area contributed by atoms with Crippen molar-refractivity contribution in [1.29, 1.82) is 0 Å². The van der Waals surface area contributed by atoms with Gasteiger partial charge in [0.25, 0.3) is 5.91 Å².